The highest BCUT2D eigenvalue weighted by Gasteiger charge is 2.18. The molecule has 30 heavy (non-hydrogen) atoms. The van der Waals surface area contributed by atoms with Gasteiger partial charge in [0, 0.05) is 16.8 Å². The van der Waals surface area contributed by atoms with Crippen molar-refractivity contribution in [1.82, 2.24) is 20.2 Å². The largest absolute Gasteiger partial charge is 0.322 e. The summed E-state index contributed by atoms with van der Waals surface area (Å²) in [7, 11) is 0. The maximum atomic E-state index is 13.2. The molecule has 7 nitrogen and oxygen atoms in total. The van der Waals surface area contributed by atoms with Crippen molar-refractivity contribution in [2.24, 2.45) is 0 Å². The first-order valence-electron chi connectivity index (χ1n) is 9.07. The molecule has 3 aromatic carbocycles. The number of rotatable bonds is 5. The van der Waals surface area contributed by atoms with Crippen molar-refractivity contribution in [1.29, 1.82) is 0 Å². The number of aryl methyl sites for hydroxylation is 1. The van der Waals surface area contributed by atoms with E-state index < -0.39 is 11.7 Å². The number of ketones is 1. The van der Waals surface area contributed by atoms with Crippen LogP contribution in [0.4, 0.5) is 10.1 Å². The van der Waals surface area contributed by atoms with Crippen LogP contribution in [-0.2, 0) is 0 Å². The number of nitrogens with one attached hydrogen (secondary N) is 1. The Labute approximate surface area is 171 Å². The fraction of sp³-hybridized carbons (Fsp3) is 0.0455. The molecule has 0 radical (unpaired) electrons. The molecule has 4 rings (SSSR count). The summed E-state index contributed by atoms with van der Waals surface area (Å²) in [5.41, 5.74) is 2.92. The summed E-state index contributed by atoms with van der Waals surface area (Å²) >= 11 is 0. The lowest BCUT2D eigenvalue weighted by Crippen LogP contribution is -2.17. The van der Waals surface area contributed by atoms with Gasteiger partial charge in [0.05, 0.1) is 11.3 Å². The summed E-state index contributed by atoms with van der Waals surface area (Å²) < 4.78 is 14.7. The number of tetrazole rings is 1. The van der Waals surface area contributed by atoms with Crippen LogP contribution in [-0.4, -0.2) is 31.9 Å². The van der Waals surface area contributed by atoms with Crippen LogP contribution < -0.4 is 5.32 Å². The van der Waals surface area contributed by atoms with Gasteiger partial charge in [-0.05, 0) is 65.4 Å². The number of aromatic nitrogens is 4. The first-order chi connectivity index (χ1) is 14.5. The SMILES string of the molecule is Cc1ccc(NC(=O)c2ccccc2C(=O)c2ccc(F)cc2)cc1-n1cnnn1. The summed E-state index contributed by atoms with van der Waals surface area (Å²) in [6, 6.07) is 17.0. The van der Waals surface area contributed by atoms with E-state index >= 15 is 0 Å². The van der Waals surface area contributed by atoms with Gasteiger partial charge in [-0.2, -0.15) is 0 Å². The molecule has 0 saturated heterocycles. The molecule has 1 heterocycles. The van der Waals surface area contributed by atoms with E-state index in [2.05, 4.69) is 20.8 Å². The van der Waals surface area contributed by atoms with Crippen molar-refractivity contribution in [2.75, 3.05) is 5.32 Å². The van der Waals surface area contributed by atoms with Crippen LogP contribution in [0.3, 0.4) is 0 Å². The molecule has 0 saturated carbocycles. The first kappa shape index (κ1) is 19.1. The van der Waals surface area contributed by atoms with E-state index in [1.54, 1.807) is 36.4 Å². The molecule has 8 heteroatoms. The highest BCUT2D eigenvalue weighted by atomic mass is 19.1. The zero-order valence-electron chi connectivity index (χ0n) is 15.9. The van der Waals surface area contributed by atoms with Crippen molar-refractivity contribution in [3.8, 4) is 5.69 Å². The topological polar surface area (TPSA) is 89.8 Å². The van der Waals surface area contributed by atoms with Gasteiger partial charge in [-0.1, -0.05) is 24.3 Å². The van der Waals surface area contributed by atoms with E-state index in [9.17, 15) is 14.0 Å². The zero-order chi connectivity index (χ0) is 21.1. The lowest BCUT2D eigenvalue weighted by Gasteiger charge is -2.12. The van der Waals surface area contributed by atoms with Gasteiger partial charge < -0.3 is 5.32 Å². The summed E-state index contributed by atoms with van der Waals surface area (Å²) in [6.07, 6.45) is 1.46. The van der Waals surface area contributed by atoms with Crippen molar-refractivity contribution >= 4 is 17.4 Å². The molecule has 0 bridgehead atoms. The van der Waals surface area contributed by atoms with E-state index in [1.807, 2.05) is 13.0 Å². The number of nitrogens with zero attached hydrogens (tertiary/aromatic N) is 4. The Kier molecular flexibility index (Phi) is 5.13. The number of amides is 1. The third kappa shape index (κ3) is 3.83. The predicted octanol–water partition coefficient (Wildman–Crippen LogP) is 3.59. The standard InChI is InChI=1S/C22H16FN5O2/c1-14-6-11-17(12-20(14)28-13-24-26-27-28)25-22(30)19-5-3-2-4-18(19)21(29)15-7-9-16(23)10-8-15/h2-13H,1H3,(H,25,30). The molecule has 1 aromatic heterocycles. The maximum absolute atomic E-state index is 13.2. The number of anilines is 1. The molecule has 0 aliphatic rings. The Morgan fingerprint density at radius 2 is 1.70 bits per heavy atom. The first-order valence-corrected chi connectivity index (χ1v) is 9.07. The molecule has 0 aliphatic carbocycles. The van der Waals surface area contributed by atoms with Crippen molar-refractivity contribution in [2.45, 2.75) is 6.92 Å². The quantitative estimate of drug-likeness (QED) is 0.516. The van der Waals surface area contributed by atoms with Crippen LogP contribution in [0, 0.1) is 12.7 Å². The van der Waals surface area contributed by atoms with E-state index in [0.717, 1.165) is 5.56 Å². The van der Waals surface area contributed by atoms with Gasteiger partial charge >= 0.3 is 0 Å². The maximum Gasteiger partial charge on any atom is 0.256 e. The molecule has 0 fully saturated rings. The second-order valence-electron chi connectivity index (χ2n) is 6.59. The van der Waals surface area contributed by atoms with Crippen LogP contribution in [0.15, 0.2) is 73.1 Å². The van der Waals surface area contributed by atoms with Crippen LogP contribution in [0.2, 0.25) is 0 Å². The van der Waals surface area contributed by atoms with Gasteiger partial charge in [0.1, 0.15) is 12.1 Å². The number of hydrogen-bond donors (Lipinski definition) is 1. The normalized spacial score (nSPS) is 10.6. The molecule has 0 aliphatic heterocycles. The third-order valence-corrected chi connectivity index (χ3v) is 4.59. The predicted molar refractivity (Wildman–Crippen MR) is 108 cm³/mol. The minimum Gasteiger partial charge on any atom is -0.322 e. The number of benzene rings is 3. The number of carbonyl (C=O) groups is 2. The van der Waals surface area contributed by atoms with Crippen LogP contribution in [0.1, 0.15) is 31.8 Å². The minimum atomic E-state index is -0.437. The molecule has 4 aromatic rings. The smallest absolute Gasteiger partial charge is 0.256 e. The second kappa shape index (κ2) is 8.04. The van der Waals surface area contributed by atoms with Gasteiger partial charge in [0.25, 0.3) is 5.91 Å². The summed E-state index contributed by atoms with van der Waals surface area (Å²) in [6.45, 7) is 1.90. The van der Waals surface area contributed by atoms with Gasteiger partial charge in [0.2, 0.25) is 0 Å². The summed E-state index contributed by atoms with van der Waals surface area (Å²) in [4.78, 5) is 25.8. The Hall–Kier alpha value is -4.20. The second-order valence-corrected chi connectivity index (χ2v) is 6.59. The molecular formula is C22H16FN5O2. The fourth-order valence-electron chi connectivity index (χ4n) is 3.04. The van der Waals surface area contributed by atoms with Gasteiger partial charge in [-0.25, -0.2) is 9.07 Å². The summed E-state index contributed by atoms with van der Waals surface area (Å²) in [5.74, 6) is -1.23. The highest BCUT2D eigenvalue weighted by molar-refractivity contribution is 6.17. The lowest BCUT2D eigenvalue weighted by atomic mass is 9.98. The van der Waals surface area contributed by atoms with Crippen molar-refractivity contribution in [3.05, 3.63) is 101 Å². The van der Waals surface area contributed by atoms with Gasteiger partial charge in [-0.3, -0.25) is 9.59 Å². The average Bonchev–Trinajstić information content (AvgIpc) is 3.30. The van der Waals surface area contributed by atoms with E-state index in [-0.39, 0.29) is 16.9 Å². The Morgan fingerprint density at radius 1 is 0.967 bits per heavy atom. The number of hydrogen-bond acceptors (Lipinski definition) is 5. The Balaban J connectivity index is 1.63. The van der Waals surface area contributed by atoms with E-state index in [4.69, 9.17) is 0 Å². The van der Waals surface area contributed by atoms with Crippen LogP contribution >= 0.6 is 0 Å². The molecule has 1 N–H and O–H groups in total. The minimum absolute atomic E-state index is 0.219. The number of halogens is 1. The molecule has 0 atom stereocenters. The van der Waals surface area contributed by atoms with E-state index in [1.165, 1.54) is 35.3 Å². The Bertz CT molecular complexity index is 1220. The third-order valence-electron chi connectivity index (χ3n) is 4.59. The van der Waals surface area contributed by atoms with Crippen LogP contribution in [0.25, 0.3) is 5.69 Å². The monoisotopic (exact) mass is 401 g/mol. The highest BCUT2D eigenvalue weighted by Crippen LogP contribution is 2.21. The molecule has 0 spiro atoms. The van der Waals surface area contributed by atoms with Crippen molar-refractivity contribution in [3.63, 3.8) is 0 Å². The van der Waals surface area contributed by atoms with E-state index in [0.29, 0.717) is 16.9 Å². The van der Waals surface area contributed by atoms with Gasteiger partial charge in [0.15, 0.2) is 5.78 Å². The fourth-order valence-corrected chi connectivity index (χ4v) is 3.04. The van der Waals surface area contributed by atoms with Gasteiger partial charge in [-0.15, -0.1) is 5.10 Å². The summed E-state index contributed by atoms with van der Waals surface area (Å²) in [5, 5.41) is 13.9. The van der Waals surface area contributed by atoms with Crippen molar-refractivity contribution < 1.29 is 14.0 Å². The lowest BCUT2D eigenvalue weighted by molar-refractivity contribution is 0.0996. The zero-order valence-corrected chi connectivity index (χ0v) is 15.9. The molecule has 0 unspecified atom stereocenters. The Morgan fingerprint density at radius 3 is 2.40 bits per heavy atom. The average molecular weight is 401 g/mol. The molecule has 148 valence electrons. The van der Waals surface area contributed by atoms with Crippen LogP contribution in [0.5, 0.6) is 0 Å². The molecular weight excluding hydrogens is 385 g/mol. The molecule has 1 amide bonds. The number of carbonyl (C=O) groups excluding carboxylic acids is 2.